The van der Waals surface area contributed by atoms with Crippen LogP contribution >= 0.6 is 0 Å². The average Bonchev–Trinajstić information content (AvgIpc) is 2.35. The number of ether oxygens (including phenoxy) is 1. The standard InChI is InChI=1S/C14H21NO2/c1-10-7-5-6-8-13(10)12(3)15-9-11(2)14(16)17-4/h5-8,11-12,15H,9H2,1-4H3. The van der Waals surface area contributed by atoms with Crippen molar-refractivity contribution in [3.8, 4) is 0 Å². The van der Waals surface area contributed by atoms with Crippen molar-refractivity contribution in [2.45, 2.75) is 26.8 Å². The molecule has 0 aliphatic heterocycles. The van der Waals surface area contributed by atoms with Crippen molar-refractivity contribution in [2.24, 2.45) is 5.92 Å². The third-order valence-corrected chi connectivity index (χ3v) is 2.99. The van der Waals surface area contributed by atoms with Gasteiger partial charge in [-0.05, 0) is 25.0 Å². The monoisotopic (exact) mass is 235 g/mol. The van der Waals surface area contributed by atoms with Crippen LogP contribution in [-0.2, 0) is 9.53 Å². The molecule has 0 aliphatic rings. The van der Waals surface area contributed by atoms with Crippen molar-refractivity contribution < 1.29 is 9.53 Å². The van der Waals surface area contributed by atoms with E-state index in [9.17, 15) is 4.79 Å². The van der Waals surface area contributed by atoms with Crippen molar-refractivity contribution in [1.29, 1.82) is 0 Å². The summed E-state index contributed by atoms with van der Waals surface area (Å²) in [5, 5.41) is 3.35. The highest BCUT2D eigenvalue weighted by molar-refractivity contribution is 5.72. The maximum Gasteiger partial charge on any atom is 0.309 e. The lowest BCUT2D eigenvalue weighted by atomic mass is 10.0. The molecule has 0 aromatic heterocycles. The Balaban J connectivity index is 2.53. The summed E-state index contributed by atoms with van der Waals surface area (Å²) in [7, 11) is 1.42. The van der Waals surface area contributed by atoms with Crippen LogP contribution in [0, 0.1) is 12.8 Å². The smallest absolute Gasteiger partial charge is 0.309 e. The summed E-state index contributed by atoms with van der Waals surface area (Å²) >= 11 is 0. The molecule has 0 aliphatic carbocycles. The molecule has 2 atom stereocenters. The second-order valence-electron chi connectivity index (χ2n) is 4.41. The molecule has 3 nitrogen and oxygen atoms in total. The summed E-state index contributed by atoms with van der Waals surface area (Å²) in [6, 6.07) is 8.50. The highest BCUT2D eigenvalue weighted by Crippen LogP contribution is 2.16. The largest absolute Gasteiger partial charge is 0.469 e. The predicted octanol–water partition coefficient (Wildman–Crippen LogP) is 2.45. The molecule has 17 heavy (non-hydrogen) atoms. The van der Waals surface area contributed by atoms with Gasteiger partial charge in [-0.1, -0.05) is 31.2 Å². The molecule has 0 fully saturated rings. The Kier molecular flexibility index (Phi) is 5.16. The lowest BCUT2D eigenvalue weighted by Gasteiger charge is -2.18. The number of nitrogens with one attached hydrogen (secondary N) is 1. The van der Waals surface area contributed by atoms with Gasteiger partial charge in [-0.15, -0.1) is 0 Å². The van der Waals surface area contributed by atoms with Gasteiger partial charge in [0, 0.05) is 12.6 Å². The van der Waals surface area contributed by atoms with E-state index in [4.69, 9.17) is 4.74 Å². The Morgan fingerprint density at radius 3 is 2.59 bits per heavy atom. The fourth-order valence-corrected chi connectivity index (χ4v) is 1.82. The number of benzene rings is 1. The van der Waals surface area contributed by atoms with Crippen LogP contribution in [0.15, 0.2) is 24.3 Å². The van der Waals surface area contributed by atoms with Gasteiger partial charge in [-0.2, -0.15) is 0 Å². The Hall–Kier alpha value is -1.35. The minimum Gasteiger partial charge on any atom is -0.469 e. The van der Waals surface area contributed by atoms with Crippen molar-refractivity contribution in [1.82, 2.24) is 5.32 Å². The zero-order valence-corrected chi connectivity index (χ0v) is 11.0. The van der Waals surface area contributed by atoms with E-state index < -0.39 is 0 Å². The van der Waals surface area contributed by atoms with Gasteiger partial charge in [0.25, 0.3) is 0 Å². The molecule has 0 saturated carbocycles. The fourth-order valence-electron chi connectivity index (χ4n) is 1.82. The van der Waals surface area contributed by atoms with Gasteiger partial charge in [0.15, 0.2) is 0 Å². The Morgan fingerprint density at radius 1 is 1.35 bits per heavy atom. The van der Waals surface area contributed by atoms with E-state index in [-0.39, 0.29) is 17.9 Å². The van der Waals surface area contributed by atoms with Crippen LogP contribution in [-0.4, -0.2) is 19.6 Å². The van der Waals surface area contributed by atoms with Crippen molar-refractivity contribution in [3.63, 3.8) is 0 Å². The second kappa shape index (κ2) is 6.40. The first-order chi connectivity index (χ1) is 8.06. The quantitative estimate of drug-likeness (QED) is 0.797. The summed E-state index contributed by atoms with van der Waals surface area (Å²) in [6.07, 6.45) is 0. The highest BCUT2D eigenvalue weighted by Gasteiger charge is 2.15. The first-order valence-electron chi connectivity index (χ1n) is 5.93. The maximum atomic E-state index is 11.3. The number of carbonyl (C=O) groups is 1. The number of hydrogen-bond donors (Lipinski definition) is 1. The first-order valence-corrected chi connectivity index (χ1v) is 5.93. The van der Waals surface area contributed by atoms with Crippen molar-refractivity contribution in [3.05, 3.63) is 35.4 Å². The van der Waals surface area contributed by atoms with E-state index >= 15 is 0 Å². The van der Waals surface area contributed by atoms with Crippen LogP contribution < -0.4 is 5.32 Å². The number of carbonyl (C=O) groups excluding carboxylic acids is 1. The maximum absolute atomic E-state index is 11.3. The van der Waals surface area contributed by atoms with Crippen LogP contribution in [0.2, 0.25) is 0 Å². The zero-order valence-electron chi connectivity index (χ0n) is 11.0. The molecular weight excluding hydrogens is 214 g/mol. The van der Waals surface area contributed by atoms with Gasteiger partial charge in [0.1, 0.15) is 0 Å². The summed E-state index contributed by atoms with van der Waals surface area (Å²) in [5.74, 6) is -0.291. The van der Waals surface area contributed by atoms with Gasteiger partial charge < -0.3 is 10.1 Å². The van der Waals surface area contributed by atoms with E-state index in [0.717, 1.165) is 0 Å². The number of aryl methyl sites for hydroxylation is 1. The normalized spacial score (nSPS) is 14.1. The Bertz CT molecular complexity index is 376. The molecule has 0 heterocycles. The van der Waals surface area contributed by atoms with Crippen LogP contribution in [0.5, 0.6) is 0 Å². The number of rotatable bonds is 5. The van der Waals surface area contributed by atoms with Gasteiger partial charge in [-0.3, -0.25) is 4.79 Å². The SMILES string of the molecule is COC(=O)C(C)CNC(C)c1ccccc1C. The first kappa shape index (κ1) is 13.7. The topological polar surface area (TPSA) is 38.3 Å². The van der Waals surface area contributed by atoms with Gasteiger partial charge in [-0.25, -0.2) is 0 Å². The minimum absolute atomic E-state index is 0.119. The summed E-state index contributed by atoms with van der Waals surface area (Å²) < 4.78 is 4.69. The second-order valence-corrected chi connectivity index (χ2v) is 4.41. The molecule has 1 aromatic rings. The molecule has 0 bridgehead atoms. The Morgan fingerprint density at radius 2 is 2.00 bits per heavy atom. The number of esters is 1. The van der Waals surface area contributed by atoms with E-state index in [2.05, 4.69) is 31.3 Å². The predicted molar refractivity (Wildman–Crippen MR) is 68.8 cm³/mol. The molecule has 0 radical (unpaired) electrons. The summed E-state index contributed by atoms with van der Waals surface area (Å²) in [6.45, 7) is 6.69. The highest BCUT2D eigenvalue weighted by atomic mass is 16.5. The molecule has 94 valence electrons. The van der Waals surface area contributed by atoms with Crippen molar-refractivity contribution >= 4 is 5.97 Å². The average molecular weight is 235 g/mol. The van der Waals surface area contributed by atoms with Crippen molar-refractivity contribution in [2.75, 3.05) is 13.7 Å². The van der Waals surface area contributed by atoms with Gasteiger partial charge in [0.2, 0.25) is 0 Å². The van der Waals surface area contributed by atoms with Gasteiger partial charge >= 0.3 is 5.97 Å². The zero-order chi connectivity index (χ0) is 12.8. The molecule has 1 aromatic carbocycles. The molecule has 1 N–H and O–H groups in total. The molecule has 1 rings (SSSR count). The molecule has 0 amide bonds. The third kappa shape index (κ3) is 3.86. The van der Waals surface area contributed by atoms with E-state index in [1.807, 2.05) is 19.1 Å². The summed E-state index contributed by atoms with van der Waals surface area (Å²) in [5.41, 5.74) is 2.53. The van der Waals surface area contributed by atoms with E-state index in [0.29, 0.717) is 6.54 Å². The van der Waals surface area contributed by atoms with Gasteiger partial charge in [0.05, 0.1) is 13.0 Å². The Labute approximate surface area is 103 Å². The summed E-state index contributed by atoms with van der Waals surface area (Å²) in [4.78, 5) is 11.3. The third-order valence-electron chi connectivity index (χ3n) is 2.99. The molecule has 2 unspecified atom stereocenters. The van der Waals surface area contributed by atoms with Crippen LogP contribution in [0.1, 0.15) is 31.0 Å². The molecule has 0 spiro atoms. The number of methoxy groups -OCH3 is 1. The van der Waals surface area contributed by atoms with E-state index in [1.54, 1.807) is 0 Å². The lowest BCUT2D eigenvalue weighted by molar-refractivity contribution is -0.144. The van der Waals surface area contributed by atoms with Crippen LogP contribution in [0.4, 0.5) is 0 Å². The van der Waals surface area contributed by atoms with E-state index in [1.165, 1.54) is 18.2 Å². The minimum atomic E-state index is -0.172. The molecule has 3 heteroatoms. The molecular formula is C14H21NO2. The number of hydrogen-bond acceptors (Lipinski definition) is 3. The van der Waals surface area contributed by atoms with Crippen LogP contribution in [0.25, 0.3) is 0 Å². The molecule has 0 saturated heterocycles. The van der Waals surface area contributed by atoms with Crippen LogP contribution in [0.3, 0.4) is 0 Å². The lowest BCUT2D eigenvalue weighted by Crippen LogP contribution is -2.29. The fraction of sp³-hybridized carbons (Fsp3) is 0.500.